The number of nitrogens with zero attached hydrogens (tertiary/aromatic N) is 1. The van der Waals surface area contributed by atoms with E-state index >= 15 is 0 Å². The summed E-state index contributed by atoms with van der Waals surface area (Å²) in [6.07, 6.45) is 6.02. The summed E-state index contributed by atoms with van der Waals surface area (Å²) in [5.74, 6) is -0.0838. The molecule has 22 heavy (non-hydrogen) atoms. The molecule has 116 valence electrons. The summed E-state index contributed by atoms with van der Waals surface area (Å²) < 4.78 is 5.45. The van der Waals surface area contributed by atoms with E-state index in [4.69, 9.17) is 4.74 Å². The van der Waals surface area contributed by atoms with Gasteiger partial charge in [-0.15, -0.1) is 11.3 Å². The number of amides is 1. The van der Waals surface area contributed by atoms with Gasteiger partial charge in [-0.05, 0) is 48.8 Å². The molecule has 2 heterocycles. The molecule has 0 spiro atoms. The number of rotatable bonds is 5. The minimum atomic E-state index is -0.102. The number of hydrogen-bond donors (Lipinski definition) is 1. The maximum absolute atomic E-state index is 12.3. The van der Waals surface area contributed by atoms with E-state index in [1.807, 2.05) is 23.6 Å². The molecule has 1 aliphatic carbocycles. The van der Waals surface area contributed by atoms with Crippen LogP contribution in [0.5, 0.6) is 0 Å². The van der Waals surface area contributed by atoms with E-state index in [2.05, 4.69) is 10.3 Å². The molecule has 0 aliphatic heterocycles. The Bertz CT molecular complexity index is 640. The van der Waals surface area contributed by atoms with Gasteiger partial charge in [-0.1, -0.05) is 6.07 Å². The topological polar surface area (TPSA) is 51.2 Å². The highest BCUT2D eigenvalue weighted by molar-refractivity contribution is 7.10. The predicted octanol–water partition coefficient (Wildman–Crippen LogP) is 3.14. The van der Waals surface area contributed by atoms with Crippen LogP contribution in [0, 0.1) is 0 Å². The van der Waals surface area contributed by atoms with Crippen molar-refractivity contribution in [3.63, 3.8) is 0 Å². The van der Waals surface area contributed by atoms with Crippen LogP contribution in [0.1, 0.15) is 45.4 Å². The molecule has 0 fully saturated rings. The number of aryl methyl sites for hydroxylation is 2. The highest BCUT2D eigenvalue weighted by atomic mass is 32.1. The van der Waals surface area contributed by atoms with E-state index in [1.165, 1.54) is 18.4 Å². The lowest BCUT2D eigenvalue weighted by molar-refractivity contribution is 0.0837. The smallest absolute Gasteiger partial charge is 0.252 e. The Morgan fingerprint density at radius 1 is 1.45 bits per heavy atom. The Morgan fingerprint density at radius 2 is 2.32 bits per heavy atom. The average molecular weight is 316 g/mol. The molecule has 1 atom stereocenters. The first kappa shape index (κ1) is 15.2. The molecule has 2 aromatic rings. The molecule has 0 saturated heterocycles. The first-order valence-electron chi connectivity index (χ1n) is 7.60. The van der Waals surface area contributed by atoms with Gasteiger partial charge in [0.15, 0.2) is 0 Å². The molecule has 4 nitrogen and oxygen atoms in total. The maximum Gasteiger partial charge on any atom is 0.252 e. The number of hydrogen-bond acceptors (Lipinski definition) is 4. The highest BCUT2D eigenvalue weighted by Crippen LogP contribution is 2.22. The summed E-state index contributed by atoms with van der Waals surface area (Å²) in [6, 6.07) is 6.00. The Hall–Kier alpha value is -1.72. The van der Waals surface area contributed by atoms with E-state index in [-0.39, 0.29) is 12.0 Å². The van der Waals surface area contributed by atoms with Gasteiger partial charge in [0.05, 0.1) is 5.56 Å². The van der Waals surface area contributed by atoms with Crippen LogP contribution in [-0.4, -0.2) is 24.5 Å². The SMILES string of the molecule is COC(CNC(=O)c1cnc2c(c1)CCCC2)c1cccs1. The largest absolute Gasteiger partial charge is 0.374 e. The van der Waals surface area contributed by atoms with Crippen LogP contribution in [0.3, 0.4) is 0 Å². The monoisotopic (exact) mass is 316 g/mol. The molecule has 5 heteroatoms. The first-order chi connectivity index (χ1) is 10.8. The number of methoxy groups -OCH3 is 1. The summed E-state index contributed by atoms with van der Waals surface area (Å²) in [5.41, 5.74) is 3.01. The first-order valence-corrected chi connectivity index (χ1v) is 8.48. The summed E-state index contributed by atoms with van der Waals surface area (Å²) in [6.45, 7) is 0.465. The van der Waals surface area contributed by atoms with Crippen molar-refractivity contribution in [2.45, 2.75) is 31.8 Å². The summed E-state index contributed by atoms with van der Waals surface area (Å²) >= 11 is 1.63. The number of fused-ring (bicyclic) bond motifs is 1. The Kier molecular flexibility index (Phi) is 4.85. The van der Waals surface area contributed by atoms with E-state index in [9.17, 15) is 4.79 Å². The van der Waals surface area contributed by atoms with Crippen LogP contribution in [0.25, 0.3) is 0 Å². The molecule has 1 amide bonds. The van der Waals surface area contributed by atoms with Crippen LogP contribution < -0.4 is 5.32 Å². The molecule has 2 aromatic heterocycles. The number of nitrogens with one attached hydrogen (secondary N) is 1. The molecule has 0 radical (unpaired) electrons. The van der Waals surface area contributed by atoms with Gasteiger partial charge >= 0.3 is 0 Å². The fourth-order valence-electron chi connectivity index (χ4n) is 2.77. The third kappa shape index (κ3) is 3.36. The van der Waals surface area contributed by atoms with E-state index in [0.717, 1.165) is 23.4 Å². The van der Waals surface area contributed by atoms with Crippen molar-refractivity contribution in [2.75, 3.05) is 13.7 Å². The number of thiophene rings is 1. The normalized spacial score (nSPS) is 15.1. The standard InChI is InChI=1S/C17H20N2O2S/c1-21-15(16-7-4-8-22-16)11-19-17(20)13-9-12-5-2-3-6-14(12)18-10-13/h4,7-10,15H,2-3,5-6,11H2,1H3,(H,19,20). The quantitative estimate of drug-likeness (QED) is 0.922. The second-order valence-corrected chi connectivity index (χ2v) is 6.47. The van der Waals surface area contributed by atoms with Crippen LogP contribution in [-0.2, 0) is 17.6 Å². The minimum absolute atomic E-state index is 0.0838. The van der Waals surface area contributed by atoms with Gasteiger partial charge in [-0.25, -0.2) is 0 Å². The lowest BCUT2D eigenvalue weighted by Gasteiger charge is -2.17. The fraction of sp³-hybridized carbons (Fsp3) is 0.412. The predicted molar refractivity (Wildman–Crippen MR) is 87.3 cm³/mol. The van der Waals surface area contributed by atoms with Crippen molar-refractivity contribution in [1.29, 1.82) is 0 Å². The zero-order chi connectivity index (χ0) is 15.4. The Labute approximate surface area is 134 Å². The van der Waals surface area contributed by atoms with Gasteiger partial charge in [0.25, 0.3) is 5.91 Å². The zero-order valence-electron chi connectivity index (χ0n) is 12.7. The second-order valence-electron chi connectivity index (χ2n) is 5.49. The van der Waals surface area contributed by atoms with Crippen LogP contribution >= 0.6 is 11.3 Å². The van der Waals surface area contributed by atoms with Gasteiger partial charge in [-0.3, -0.25) is 9.78 Å². The summed E-state index contributed by atoms with van der Waals surface area (Å²) in [5, 5.41) is 4.96. The summed E-state index contributed by atoms with van der Waals surface area (Å²) in [4.78, 5) is 17.9. The molecule has 1 N–H and O–H groups in total. The third-order valence-electron chi connectivity index (χ3n) is 4.02. The third-order valence-corrected chi connectivity index (χ3v) is 4.99. The minimum Gasteiger partial charge on any atom is -0.374 e. The van der Waals surface area contributed by atoms with Gasteiger partial charge in [0.1, 0.15) is 6.10 Å². The number of aromatic nitrogens is 1. The van der Waals surface area contributed by atoms with Gasteiger partial charge in [0.2, 0.25) is 0 Å². The van der Waals surface area contributed by atoms with E-state index in [1.54, 1.807) is 24.6 Å². The highest BCUT2D eigenvalue weighted by Gasteiger charge is 2.16. The molecule has 3 rings (SSSR count). The lowest BCUT2D eigenvalue weighted by atomic mass is 9.95. The van der Waals surface area contributed by atoms with Crippen LogP contribution in [0.2, 0.25) is 0 Å². The lowest BCUT2D eigenvalue weighted by Crippen LogP contribution is -2.29. The fourth-order valence-corrected chi connectivity index (χ4v) is 3.58. The molecule has 1 aliphatic rings. The van der Waals surface area contributed by atoms with Crippen LogP contribution in [0.15, 0.2) is 29.8 Å². The van der Waals surface area contributed by atoms with Crippen molar-refractivity contribution in [3.8, 4) is 0 Å². The van der Waals surface area contributed by atoms with E-state index in [0.29, 0.717) is 12.1 Å². The van der Waals surface area contributed by atoms with Gasteiger partial charge in [0, 0.05) is 30.4 Å². The van der Waals surface area contributed by atoms with E-state index < -0.39 is 0 Å². The van der Waals surface area contributed by atoms with Crippen molar-refractivity contribution < 1.29 is 9.53 Å². The molecule has 0 aromatic carbocycles. The Morgan fingerprint density at radius 3 is 3.09 bits per heavy atom. The Balaban J connectivity index is 1.64. The number of carbonyl (C=O) groups excluding carboxylic acids is 1. The number of pyridine rings is 1. The molecule has 1 unspecified atom stereocenters. The van der Waals surface area contributed by atoms with Crippen molar-refractivity contribution in [1.82, 2.24) is 10.3 Å². The van der Waals surface area contributed by atoms with Crippen molar-refractivity contribution in [2.24, 2.45) is 0 Å². The second kappa shape index (κ2) is 7.03. The van der Waals surface area contributed by atoms with Gasteiger partial charge in [-0.2, -0.15) is 0 Å². The molecular weight excluding hydrogens is 296 g/mol. The number of carbonyl (C=O) groups is 1. The van der Waals surface area contributed by atoms with Crippen molar-refractivity contribution in [3.05, 3.63) is 51.5 Å². The molecule has 0 saturated carbocycles. The van der Waals surface area contributed by atoms with Crippen molar-refractivity contribution >= 4 is 17.2 Å². The molecule has 0 bridgehead atoms. The average Bonchev–Trinajstić information content (AvgIpc) is 3.09. The van der Waals surface area contributed by atoms with Crippen LogP contribution in [0.4, 0.5) is 0 Å². The zero-order valence-corrected chi connectivity index (χ0v) is 13.5. The maximum atomic E-state index is 12.3. The summed E-state index contributed by atoms with van der Waals surface area (Å²) in [7, 11) is 1.66. The van der Waals surface area contributed by atoms with Gasteiger partial charge < -0.3 is 10.1 Å². The number of ether oxygens (including phenoxy) is 1. The molecular formula is C17H20N2O2S.